The van der Waals surface area contributed by atoms with E-state index in [1.807, 2.05) is 12.1 Å². The number of nitrogens with zero attached hydrogens (tertiary/aromatic N) is 1. The highest BCUT2D eigenvalue weighted by Crippen LogP contribution is 2.19. The molecule has 1 aromatic carbocycles. The maximum Gasteiger partial charge on any atom is 0.0761 e. The van der Waals surface area contributed by atoms with Gasteiger partial charge in [-0.05, 0) is 30.5 Å². The molecule has 1 N–H and O–H groups in total. The minimum atomic E-state index is -0.381. The molecule has 0 spiro atoms. The van der Waals surface area contributed by atoms with Gasteiger partial charge in [-0.2, -0.15) is 0 Å². The lowest BCUT2D eigenvalue weighted by Crippen LogP contribution is -2.23. The Labute approximate surface area is 98.9 Å². The number of aliphatic hydroxyl groups excluding tert-OH is 1. The Morgan fingerprint density at radius 3 is 2.19 bits per heavy atom. The van der Waals surface area contributed by atoms with E-state index in [1.54, 1.807) is 6.92 Å². The topological polar surface area (TPSA) is 23.5 Å². The Hall–Kier alpha value is -1.02. The summed E-state index contributed by atoms with van der Waals surface area (Å²) in [5.41, 5.74) is 2.19. The summed E-state index contributed by atoms with van der Waals surface area (Å²) in [6.45, 7) is 7.35. The van der Waals surface area contributed by atoms with Crippen LogP contribution in [0.25, 0.3) is 0 Å². The van der Waals surface area contributed by atoms with Crippen molar-refractivity contribution in [1.29, 1.82) is 0 Å². The van der Waals surface area contributed by atoms with E-state index in [0.29, 0.717) is 5.92 Å². The van der Waals surface area contributed by atoms with Gasteiger partial charge in [0.25, 0.3) is 0 Å². The molecule has 0 saturated carbocycles. The van der Waals surface area contributed by atoms with Crippen LogP contribution in [0.5, 0.6) is 0 Å². The van der Waals surface area contributed by atoms with Crippen molar-refractivity contribution in [2.75, 3.05) is 18.5 Å². The molecular weight excluding hydrogens is 198 g/mol. The number of hydrogen-bond donors (Lipinski definition) is 1. The van der Waals surface area contributed by atoms with Crippen molar-refractivity contribution in [1.82, 2.24) is 0 Å². The first-order valence-corrected chi connectivity index (χ1v) is 6.03. The zero-order chi connectivity index (χ0) is 12.1. The fourth-order valence-electron chi connectivity index (χ4n) is 1.71. The number of aliphatic hydroxyl groups is 1. The van der Waals surface area contributed by atoms with Crippen LogP contribution in [0.15, 0.2) is 24.3 Å². The van der Waals surface area contributed by atoms with E-state index in [2.05, 4.69) is 37.9 Å². The Kier molecular flexibility index (Phi) is 4.81. The van der Waals surface area contributed by atoms with Gasteiger partial charge in [0.1, 0.15) is 0 Å². The summed E-state index contributed by atoms with van der Waals surface area (Å²) >= 11 is 0. The van der Waals surface area contributed by atoms with Gasteiger partial charge in [-0.15, -0.1) is 0 Å². The minimum Gasteiger partial charge on any atom is -0.389 e. The molecular formula is C14H23NO. The van der Waals surface area contributed by atoms with Gasteiger partial charge in [0.05, 0.1) is 6.10 Å². The number of benzene rings is 1. The second-order valence-corrected chi connectivity index (χ2v) is 4.66. The van der Waals surface area contributed by atoms with Gasteiger partial charge >= 0.3 is 0 Å². The Bertz CT molecular complexity index is 305. The van der Waals surface area contributed by atoms with E-state index < -0.39 is 0 Å². The molecule has 0 aliphatic carbocycles. The van der Waals surface area contributed by atoms with Crippen LogP contribution in [-0.2, 0) is 0 Å². The first-order chi connectivity index (χ1) is 7.54. The molecule has 0 aliphatic heterocycles. The average Bonchev–Trinajstić information content (AvgIpc) is 2.28. The van der Waals surface area contributed by atoms with E-state index in [1.165, 1.54) is 12.1 Å². The first-order valence-electron chi connectivity index (χ1n) is 6.03. The molecule has 90 valence electrons. The summed E-state index contributed by atoms with van der Waals surface area (Å²) in [5.74, 6) is 0.710. The molecule has 1 aromatic rings. The highest BCUT2D eigenvalue weighted by molar-refractivity contribution is 5.47. The quantitative estimate of drug-likeness (QED) is 0.825. The van der Waals surface area contributed by atoms with Crippen molar-refractivity contribution in [3.63, 3.8) is 0 Å². The van der Waals surface area contributed by atoms with E-state index in [0.717, 1.165) is 12.1 Å². The summed E-state index contributed by atoms with van der Waals surface area (Å²) in [7, 11) is 2.11. The van der Waals surface area contributed by atoms with Crippen molar-refractivity contribution in [2.24, 2.45) is 5.92 Å². The summed E-state index contributed by atoms with van der Waals surface area (Å²) in [4.78, 5) is 2.26. The SMILES string of the molecule is CCC(C)CN(C)c1ccc([C@@H](C)O)cc1. The molecule has 0 radical (unpaired) electrons. The molecule has 0 bridgehead atoms. The number of anilines is 1. The second kappa shape index (κ2) is 5.90. The molecule has 0 aromatic heterocycles. The number of rotatable bonds is 5. The third-order valence-electron chi connectivity index (χ3n) is 3.10. The Morgan fingerprint density at radius 1 is 1.19 bits per heavy atom. The van der Waals surface area contributed by atoms with Gasteiger partial charge < -0.3 is 10.0 Å². The van der Waals surface area contributed by atoms with Crippen LogP contribution in [0.3, 0.4) is 0 Å². The van der Waals surface area contributed by atoms with Crippen LogP contribution >= 0.6 is 0 Å². The molecule has 1 unspecified atom stereocenters. The molecule has 0 fully saturated rings. The molecule has 0 amide bonds. The summed E-state index contributed by atoms with van der Waals surface area (Å²) < 4.78 is 0. The summed E-state index contributed by atoms with van der Waals surface area (Å²) in [5, 5.41) is 9.42. The lowest BCUT2D eigenvalue weighted by atomic mass is 10.1. The largest absolute Gasteiger partial charge is 0.389 e. The van der Waals surface area contributed by atoms with E-state index in [-0.39, 0.29) is 6.10 Å². The maximum absolute atomic E-state index is 9.42. The zero-order valence-electron chi connectivity index (χ0n) is 10.8. The standard InChI is InChI=1S/C14H23NO/c1-5-11(2)10-15(4)14-8-6-13(7-9-14)12(3)16/h6-9,11-12,16H,5,10H2,1-4H3/t11?,12-/m1/s1. The molecule has 16 heavy (non-hydrogen) atoms. The van der Waals surface area contributed by atoms with Crippen LogP contribution in [0.4, 0.5) is 5.69 Å². The van der Waals surface area contributed by atoms with Gasteiger partial charge in [0.2, 0.25) is 0 Å². The highest BCUT2D eigenvalue weighted by Gasteiger charge is 2.06. The van der Waals surface area contributed by atoms with Crippen molar-refractivity contribution < 1.29 is 5.11 Å². The van der Waals surface area contributed by atoms with Crippen LogP contribution in [0.1, 0.15) is 38.9 Å². The lowest BCUT2D eigenvalue weighted by molar-refractivity contribution is 0.199. The van der Waals surface area contributed by atoms with Crippen molar-refractivity contribution in [3.05, 3.63) is 29.8 Å². The average molecular weight is 221 g/mol. The van der Waals surface area contributed by atoms with Gasteiger partial charge in [0.15, 0.2) is 0 Å². The predicted octanol–water partition coefficient (Wildman–Crippen LogP) is 3.22. The van der Waals surface area contributed by atoms with Crippen LogP contribution in [0.2, 0.25) is 0 Å². The van der Waals surface area contributed by atoms with E-state index >= 15 is 0 Å². The first kappa shape index (κ1) is 13.0. The fourth-order valence-corrected chi connectivity index (χ4v) is 1.71. The predicted molar refractivity (Wildman–Crippen MR) is 69.8 cm³/mol. The van der Waals surface area contributed by atoms with Crippen LogP contribution in [0, 0.1) is 5.92 Å². The summed E-state index contributed by atoms with van der Waals surface area (Å²) in [6, 6.07) is 8.13. The Balaban J connectivity index is 2.66. The fraction of sp³-hybridized carbons (Fsp3) is 0.571. The van der Waals surface area contributed by atoms with Crippen molar-refractivity contribution >= 4 is 5.69 Å². The lowest BCUT2D eigenvalue weighted by Gasteiger charge is -2.23. The van der Waals surface area contributed by atoms with E-state index in [4.69, 9.17) is 0 Å². The Morgan fingerprint density at radius 2 is 1.75 bits per heavy atom. The number of hydrogen-bond acceptors (Lipinski definition) is 2. The van der Waals surface area contributed by atoms with Crippen molar-refractivity contribution in [3.8, 4) is 0 Å². The summed E-state index contributed by atoms with van der Waals surface area (Å²) in [6.07, 6.45) is 0.824. The van der Waals surface area contributed by atoms with E-state index in [9.17, 15) is 5.11 Å². The molecule has 1 rings (SSSR count). The minimum absolute atomic E-state index is 0.381. The van der Waals surface area contributed by atoms with Gasteiger partial charge in [-0.3, -0.25) is 0 Å². The van der Waals surface area contributed by atoms with Crippen molar-refractivity contribution in [2.45, 2.75) is 33.3 Å². The zero-order valence-corrected chi connectivity index (χ0v) is 10.8. The second-order valence-electron chi connectivity index (χ2n) is 4.66. The van der Waals surface area contributed by atoms with Gasteiger partial charge in [0, 0.05) is 19.3 Å². The molecule has 0 aliphatic rings. The molecule has 2 nitrogen and oxygen atoms in total. The molecule has 0 heterocycles. The third-order valence-corrected chi connectivity index (χ3v) is 3.10. The smallest absolute Gasteiger partial charge is 0.0761 e. The molecule has 2 heteroatoms. The normalized spacial score (nSPS) is 14.6. The molecule has 0 saturated heterocycles. The monoisotopic (exact) mass is 221 g/mol. The molecule has 2 atom stereocenters. The van der Waals surface area contributed by atoms with Gasteiger partial charge in [-0.25, -0.2) is 0 Å². The third kappa shape index (κ3) is 3.53. The maximum atomic E-state index is 9.42. The van der Waals surface area contributed by atoms with Crippen LogP contribution < -0.4 is 4.90 Å². The van der Waals surface area contributed by atoms with Crippen LogP contribution in [-0.4, -0.2) is 18.7 Å². The van der Waals surface area contributed by atoms with Gasteiger partial charge in [-0.1, -0.05) is 32.4 Å². The highest BCUT2D eigenvalue weighted by atomic mass is 16.3.